The van der Waals surface area contributed by atoms with Crippen LogP contribution in [0, 0.1) is 5.82 Å². The number of carbonyl (C=O) groups is 2. The second-order valence-corrected chi connectivity index (χ2v) is 10.00. The average molecular weight is 500 g/mol. The Bertz CT molecular complexity index is 1250. The molecule has 2 aliphatic rings. The van der Waals surface area contributed by atoms with Crippen molar-refractivity contribution in [3.63, 3.8) is 0 Å². The molecule has 37 heavy (non-hydrogen) atoms. The topological polar surface area (TPSA) is 43.9 Å². The Morgan fingerprint density at radius 1 is 0.811 bits per heavy atom. The number of halogens is 1. The van der Waals surface area contributed by atoms with Crippen molar-refractivity contribution < 1.29 is 14.0 Å². The third-order valence-electron chi connectivity index (χ3n) is 7.68. The van der Waals surface area contributed by atoms with Crippen molar-refractivity contribution in [3.8, 4) is 0 Å². The first kappa shape index (κ1) is 25.0. The number of benzene rings is 3. The van der Waals surface area contributed by atoms with Gasteiger partial charge in [0.25, 0.3) is 11.8 Å². The molecule has 2 heterocycles. The van der Waals surface area contributed by atoms with Gasteiger partial charge in [-0.25, -0.2) is 4.39 Å². The van der Waals surface area contributed by atoms with Gasteiger partial charge in [-0.1, -0.05) is 43.3 Å². The van der Waals surface area contributed by atoms with Crippen LogP contribution in [0.15, 0.2) is 72.8 Å². The van der Waals surface area contributed by atoms with Gasteiger partial charge in [0.05, 0.1) is 5.69 Å². The third kappa shape index (κ3) is 5.53. The zero-order chi connectivity index (χ0) is 25.8. The molecule has 0 saturated carbocycles. The van der Waals surface area contributed by atoms with Crippen molar-refractivity contribution in [2.24, 2.45) is 0 Å². The fourth-order valence-corrected chi connectivity index (χ4v) is 5.47. The van der Waals surface area contributed by atoms with Crippen LogP contribution in [-0.4, -0.2) is 60.9 Å². The Morgan fingerprint density at radius 3 is 2.27 bits per heavy atom. The summed E-state index contributed by atoms with van der Waals surface area (Å²) in [6.07, 6.45) is 2.90. The lowest BCUT2D eigenvalue weighted by atomic mass is 9.89. The average Bonchev–Trinajstić information content (AvgIpc) is 2.97. The molecule has 0 unspecified atom stereocenters. The fraction of sp³-hybridized carbons (Fsp3) is 0.355. The largest absolute Gasteiger partial charge is 0.366 e. The molecule has 2 fully saturated rings. The van der Waals surface area contributed by atoms with Gasteiger partial charge in [-0.05, 0) is 66.8 Å². The van der Waals surface area contributed by atoms with E-state index in [1.165, 1.54) is 11.6 Å². The van der Waals surface area contributed by atoms with Crippen LogP contribution in [0.4, 0.5) is 10.1 Å². The summed E-state index contributed by atoms with van der Waals surface area (Å²) >= 11 is 0. The van der Waals surface area contributed by atoms with Crippen molar-refractivity contribution in [1.82, 2.24) is 9.80 Å². The fourth-order valence-electron chi connectivity index (χ4n) is 5.47. The number of likely N-dealkylation sites (tertiary alicyclic amines) is 1. The van der Waals surface area contributed by atoms with Crippen molar-refractivity contribution >= 4 is 17.5 Å². The number of hydrogen-bond donors (Lipinski definition) is 0. The highest BCUT2D eigenvalue weighted by Crippen LogP contribution is 2.29. The standard InChI is InChI=1S/C31H34FN3O2/c1-2-23-12-14-24(15-13-23)30(36)35-16-6-9-27(22-35)25-7-5-8-26(21-25)31(37)34-19-17-33(18-20-34)29-11-4-3-10-28(29)32/h3-5,7-8,10-15,21,27H,2,6,9,16-20,22H2,1H3/t27-/m0/s1. The van der Waals surface area contributed by atoms with Crippen LogP contribution in [0.3, 0.4) is 0 Å². The lowest BCUT2D eigenvalue weighted by Crippen LogP contribution is -2.49. The minimum absolute atomic E-state index is 0.00906. The molecule has 5 rings (SSSR count). The first-order valence-electron chi connectivity index (χ1n) is 13.3. The normalized spacial score (nSPS) is 18.1. The quantitative estimate of drug-likeness (QED) is 0.474. The van der Waals surface area contributed by atoms with Gasteiger partial charge in [0, 0.05) is 56.3 Å². The Balaban J connectivity index is 1.23. The van der Waals surface area contributed by atoms with Crippen LogP contribution in [0.2, 0.25) is 0 Å². The SMILES string of the molecule is CCc1ccc(C(=O)N2CCC[C@H](c3cccc(C(=O)N4CCN(c5ccccc5F)CC4)c3)C2)cc1. The summed E-state index contributed by atoms with van der Waals surface area (Å²) < 4.78 is 14.2. The molecular formula is C31H34FN3O2. The number of anilines is 1. The zero-order valence-corrected chi connectivity index (χ0v) is 21.4. The molecule has 5 nitrogen and oxygen atoms in total. The number of amides is 2. The molecule has 0 N–H and O–H groups in total. The predicted molar refractivity (Wildman–Crippen MR) is 145 cm³/mol. The molecule has 0 spiro atoms. The van der Waals surface area contributed by atoms with Crippen LogP contribution in [0.1, 0.15) is 57.5 Å². The second-order valence-electron chi connectivity index (χ2n) is 10.00. The summed E-state index contributed by atoms with van der Waals surface area (Å²) in [5, 5.41) is 0. The number of nitrogens with zero attached hydrogens (tertiary/aromatic N) is 3. The lowest BCUT2D eigenvalue weighted by Gasteiger charge is -2.36. The number of hydrogen-bond acceptors (Lipinski definition) is 3. The van der Waals surface area contributed by atoms with E-state index in [0.717, 1.165) is 36.9 Å². The van der Waals surface area contributed by atoms with Gasteiger partial charge >= 0.3 is 0 Å². The van der Waals surface area contributed by atoms with E-state index in [-0.39, 0.29) is 23.5 Å². The summed E-state index contributed by atoms with van der Waals surface area (Å²) in [7, 11) is 0. The Kier molecular flexibility index (Phi) is 7.54. The second kappa shape index (κ2) is 11.2. The van der Waals surface area contributed by atoms with Crippen LogP contribution in [-0.2, 0) is 6.42 Å². The van der Waals surface area contributed by atoms with Crippen molar-refractivity contribution in [3.05, 3.63) is 101 Å². The van der Waals surface area contributed by atoms with Crippen molar-refractivity contribution in [2.75, 3.05) is 44.2 Å². The van der Waals surface area contributed by atoms with Crippen LogP contribution >= 0.6 is 0 Å². The first-order valence-corrected chi connectivity index (χ1v) is 13.3. The molecule has 2 saturated heterocycles. The molecule has 0 aromatic heterocycles. The number of rotatable bonds is 5. The van der Waals surface area contributed by atoms with E-state index in [2.05, 4.69) is 13.0 Å². The Labute approximate surface area is 218 Å². The predicted octanol–water partition coefficient (Wildman–Crippen LogP) is 5.37. The van der Waals surface area contributed by atoms with E-state index in [4.69, 9.17) is 0 Å². The molecule has 1 atom stereocenters. The maximum absolute atomic E-state index is 14.2. The molecule has 2 amide bonds. The van der Waals surface area contributed by atoms with E-state index in [0.29, 0.717) is 44.0 Å². The molecular weight excluding hydrogens is 465 g/mol. The molecule has 0 bridgehead atoms. The Morgan fingerprint density at radius 2 is 1.54 bits per heavy atom. The highest BCUT2D eigenvalue weighted by atomic mass is 19.1. The van der Waals surface area contributed by atoms with Crippen LogP contribution in [0.5, 0.6) is 0 Å². The molecule has 3 aromatic rings. The van der Waals surface area contributed by atoms with Gasteiger partial charge in [-0.2, -0.15) is 0 Å². The Hall–Kier alpha value is -3.67. The molecule has 192 valence electrons. The van der Waals surface area contributed by atoms with E-state index >= 15 is 0 Å². The summed E-state index contributed by atoms with van der Waals surface area (Å²) in [6, 6.07) is 22.6. The summed E-state index contributed by atoms with van der Waals surface area (Å²) in [4.78, 5) is 32.3. The maximum Gasteiger partial charge on any atom is 0.253 e. The molecule has 6 heteroatoms. The number of piperidine rings is 1. The van der Waals surface area contributed by atoms with E-state index in [1.54, 1.807) is 12.1 Å². The van der Waals surface area contributed by atoms with Crippen molar-refractivity contribution in [1.29, 1.82) is 0 Å². The van der Waals surface area contributed by atoms with E-state index in [9.17, 15) is 14.0 Å². The summed E-state index contributed by atoms with van der Waals surface area (Å²) in [6.45, 7) is 5.84. The van der Waals surface area contributed by atoms with Crippen LogP contribution < -0.4 is 4.90 Å². The van der Waals surface area contributed by atoms with Crippen LogP contribution in [0.25, 0.3) is 0 Å². The molecule has 0 radical (unpaired) electrons. The van der Waals surface area contributed by atoms with Gasteiger partial charge in [0.1, 0.15) is 5.82 Å². The first-order chi connectivity index (χ1) is 18.0. The number of carbonyl (C=O) groups excluding carboxylic acids is 2. The van der Waals surface area contributed by atoms with E-state index in [1.807, 2.05) is 63.2 Å². The van der Waals surface area contributed by atoms with Gasteiger partial charge in [0.15, 0.2) is 0 Å². The smallest absolute Gasteiger partial charge is 0.253 e. The minimum atomic E-state index is -0.229. The molecule has 2 aliphatic heterocycles. The number of para-hydroxylation sites is 1. The molecule has 3 aromatic carbocycles. The van der Waals surface area contributed by atoms with Crippen molar-refractivity contribution in [2.45, 2.75) is 32.1 Å². The summed E-state index contributed by atoms with van der Waals surface area (Å²) in [5.74, 6) is 0.0633. The number of piperazine rings is 1. The molecule has 0 aliphatic carbocycles. The zero-order valence-electron chi connectivity index (χ0n) is 21.4. The van der Waals surface area contributed by atoms with E-state index < -0.39 is 0 Å². The highest BCUT2D eigenvalue weighted by Gasteiger charge is 2.27. The van der Waals surface area contributed by atoms with Gasteiger partial charge < -0.3 is 14.7 Å². The highest BCUT2D eigenvalue weighted by molar-refractivity contribution is 5.95. The maximum atomic E-state index is 14.2. The number of aryl methyl sites for hydroxylation is 1. The summed E-state index contributed by atoms with van der Waals surface area (Å²) in [5.41, 5.74) is 4.33. The van der Waals surface area contributed by atoms with Gasteiger partial charge in [0.2, 0.25) is 0 Å². The monoisotopic (exact) mass is 499 g/mol. The lowest BCUT2D eigenvalue weighted by molar-refractivity contribution is 0.0704. The third-order valence-corrected chi connectivity index (χ3v) is 7.68. The van der Waals surface area contributed by atoms with Gasteiger partial charge in [-0.15, -0.1) is 0 Å². The minimum Gasteiger partial charge on any atom is -0.366 e. The van der Waals surface area contributed by atoms with Gasteiger partial charge in [-0.3, -0.25) is 9.59 Å².